The van der Waals surface area contributed by atoms with Gasteiger partial charge in [-0.05, 0) is 48.6 Å². The maximum Gasteiger partial charge on any atom is 0.243 e. The van der Waals surface area contributed by atoms with Crippen LogP contribution in [0.1, 0.15) is 54.4 Å². The summed E-state index contributed by atoms with van der Waals surface area (Å²) in [5.41, 5.74) is 3.91. The molecule has 2 amide bonds. The molecule has 6 heteroatoms. The van der Waals surface area contributed by atoms with Gasteiger partial charge in [-0.2, -0.15) is 0 Å². The molecule has 37 heavy (non-hydrogen) atoms. The average Bonchev–Trinajstić information content (AvgIpc) is 2.90. The van der Waals surface area contributed by atoms with Gasteiger partial charge < -0.3 is 10.2 Å². The molecular formula is C31H34Cl2N2O2. The van der Waals surface area contributed by atoms with E-state index in [9.17, 15) is 9.59 Å². The Morgan fingerprint density at radius 3 is 2.22 bits per heavy atom. The lowest BCUT2D eigenvalue weighted by molar-refractivity contribution is -0.141. The van der Waals surface area contributed by atoms with Crippen LogP contribution in [0.25, 0.3) is 0 Å². The summed E-state index contributed by atoms with van der Waals surface area (Å²) in [7, 11) is 0. The van der Waals surface area contributed by atoms with Gasteiger partial charge in [0.05, 0.1) is 16.5 Å². The highest BCUT2D eigenvalue weighted by Gasteiger charge is 2.32. The quantitative estimate of drug-likeness (QED) is 0.322. The zero-order valence-electron chi connectivity index (χ0n) is 21.3. The van der Waals surface area contributed by atoms with Crippen molar-refractivity contribution in [2.24, 2.45) is 0 Å². The topological polar surface area (TPSA) is 49.4 Å². The van der Waals surface area contributed by atoms with Crippen molar-refractivity contribution >= 4 is 35.0 Å². The van der Waals surface area contributed by atoms with E-state index in [1.807, 2.05) is 67.6 Å². The summed E-state index contributed by atoms with van der Waals surface area (Å²) in [6.45, 7) is 2.38. The number of aryl methyl sites for hydroxylation is 1. The molecule has 3 aromatic rings. The van der Waals surface area contributed by atoms with Crippen molar-refractivity contribution in [2.75, 3.05) is 0 Å². The fraction of sp³-hybridized carbons (Fsp3) is 0.355. The van der Waals surface area contributed by atoms with Crippen LogP contribution in [0.3, 0.4) is 0 Å². The number of amides is 2. The van der Waals surface area contributed by atoms with Gasteiger partial charge in [-0.1, -0.05) is 109 Å². The SMILES string of the molecule is Cc1ccc(CN(C(=O)Cc2ccc(Cl)c(Cl)c2)[C@H](Cc2ccccc2)C(=O)NC2CCCCC2)cc1. The summed E-state index contributed by atoms with van der Waals surface area (Å²) in [6, 6.07) is 22.8. The average molecular weight is 538 g/mol. The summed E-state index contributed by atoms with van der Waals surface area (Å²) in [5, 5.41) is 4.14. The minimum Gasteiger partial charge on any atom is -0.352 e. The smallest absolute Gasteiger partial charge is 0.243 e. The van der Waals surface area contributed by atoms with E-state index in [0.29, 0.717) is 23.0 Å². The lowest BCUT2D eigenvalue weighted by Gasteiger charge is -2.33. The van der Waals surface area contributed by atoms with Crippen molar-refractivity contribution in [3.05, 3.63) is 105 Å². The second-order valence-electron chi connectivity index (χ2n) is 9.98. The van der Waals surface area contributed by atoms with Crippen molar-refractivity contribution in [1.29, 1.82) is 0 Å². The highest BCUT2D eigenvalue weighted by Crippen LogP contribution is 2.24. The Labute approximate surface area is 230 Å². The van der Waals surface area contributed by atoms with Crippen molar-refractivity contribution in [3.8, 4) is 0 Å². The van der Waals surface area contributed by atoms with Gasteiger partial charge in [0.1, 0.15) is 6.04 Å². The predicted molar refractivity (Wildman–Crippen MR) is 151 cm³/mol. The van der Waals surface area contributed by atoms with Crippen LogP contribution in [-0.4, -0.2) is 28.8 Å². The van der Waals surface area contributed by atoms with E-state index >= 15 is 0 Å². The number of nitrogens with one attached hydrogen (secondary N) is 1. The van der Waals surface area contributed by atoms with Gasteiger partial charge in [0.25, 0.3) is 0 Å². The van der Waals surface area contributed by atoms with E-state index in [-0.39, 0.29) is 24.3 Å². The molecule has 0 radical (unpaired) electrons. The van der Waals surface area contributed by atoms with Crippen LogP contribution >= 0.6 is 23.2 Å². The Hall–Kier alpha value is -2.82. The molecule has 1 aliphatic rings. The highest BCUT2D eigenvalue weighted by molar-refractivity contribution is 6.42. The summed E-state index contributed by atoms with van der Waals surface area (Å²) >= 11 is 12.3. The van der Waals surface area contributed by atoms with Gasteiger partial charge in [0, 0.05) is 19.0 Å². The number of hydrogen-bond donors (Lipinski definition) is 1. The van der Waals surface area contributed by atoms with Crippen LogP contribution in [0.15, 0.2) is 72.8 Å². The molecule has 0 aliphatic heterocycles. The van der Waals surface area contributed by atoms with E-state index in [0.717, 1.165) is 47.9 Å². The highest BCUT2D eigenvalue weighted by atomic mass is 35.5. The van der Waals surface area contributed by atoms with Crippen LogP contribution in [-0.2, 0) is 29.0 Å². The number of halogens is 2. The minimum absolute atomic E-state index is 0.0923. The summed E-state index contributed by atoms with van der Waals surface area (Å²) in [5.74, 6) is -0.218. The maximum atomic E-state index is 13.9. The molecule has 4 rings (SSSR count). The summed E-state index contributed by atoms with van der Waals surface area (Å²) in [6.07, 6.45) is 6.00. The molecule has 0 bridgehead atoms. The Bertz CT molecular complexity index is 1190. The number of carbonyl (C=O) groups is 2. The first-order valence-electron chi connectivity index (χ1n) is 13.0. The predicted octanol–water partition coefficient (Wildman–Crippen LogP) is 6.93. The second-order valence-corrected chi connectivity index (χ2v) is 10.8. The number of carbonyl (C=O) groups excluding carboxylic acids is 2. The van der Waals surface area contributed by atoms with Crippen LogP contribution in [0.4, 0.5) is 0 Å². The van der Waals surface area contributed by atoms with E-state index in [2.05, 4.69) is 5.32 Å². The monoisotopic (exact) mass is 536 g/mol. The molecular weight excluding hydrogens is 503 g/mol. The van der Waals surface area contributed by atoms with Gasteiger partial charge in [0.15, 0.2) is 0 Å². The van der Waals surface area contributed by atoms with Gasteiger partial charge in [-0.15, -0.1) is 0 Å². The van der Waals surface area contributed by atoms with Crippen molar-refractivity contribution < 1.29 is 9.59 Å². The van der Waals surface area contributed by atoms with E-state index in [1.54, 1.807) is 17.0 Å². The molecule has 1 fully saturated rings. The van der Waals surface area contributed by atoms with Crippen LogP contribution in [0.5, 0.6) is 0 Å². The van der Waals surface area contributed by atoms with E-state index < -0.39 is 6.04 Å². The Balaban J connectivity index is 1.65. The molecule has 3 aromatic carbocycles. The fourth-order valence-corrected chi connectivity index (χ4v) is 5.23. The third kappa shape index (κ3) is 7.83. The molecule has 1 N–H and O–H groups in total. The van der Waals surface area contributed by atoms with E-state index in [4.69, 9.17) is 23.2 Å². The molecule has 0 saturated heterocycles. The molecule has 0 aromatic heterocycles. The van der Waals surface area contributed by atoms with Gasteiger partial charge in [-0.3, -0.25) is 9.59 Å². The van der Waals surface area contributed by atoms with Crippen molar-refractivity contribution in [1.82, 2.24) is 10.2 Å². The zero-order chi connectivity index (χ0) is 26.2. The third-order valence-electron chi connectivity index (χ3n) is 7.04. The lowest BCUT2D eigenvalue weighted by atomic mass is 9.94. The maximum absolute atomic E-state index is 13.9. The van der Waals surface area contributed by atoms with Gasteiger partial charge >= 0.3 is 0 Å². The number of hydrogen-bond acceptors (Lipinski definition) is 2. The van der Waals surface area contributed by atoms with E-state index in [1.165, 1.54) is 6.42 Å². The number of nitrogens with zero attached hydrogens (tertiary/aromatic N) is 1. The van der Waals surface area contributed by atoms with Crippen LogP contribution < -0.4 is 5.32 Å². The first-order chi connectivity index (χ1) is 17.9. The van der Waals surface area contributed by atoms with Gasteiger partial charge in [-0.25, -0.2) is 0 Å². The molecule has 4 nitrogen and oxygen atoms in total. The number of benzene rings is 3. The number of rotatable bonds is 9. The molecule has 0 unspecified atom stereocenters. The molecule has 0 spiro atoms. The van der Waals surface area contributed by atoms with Crippen LogP contribution in [0.2, 0.25) is 10.0 Å². The standard InChI is InChI=1S/C31H34Cl2N2O2/c1-22-12-14-24(15-13-22)21-35(30(36)20-25-16-17-27(32)28(33)18-25)29(19-23-8-4-2-5-9-23)31(37)34-26-10-6-3-7-11-26/h2,4-5,8-9,12-18,26,29H,3,6-7,10-11,19-21H2,1H3,(H,34,37)/t29-/m1/s1. The summed E-state index contributed by atoms with van der Waals surface area (Å²) < 4.78 is 0. The molecule has 1 aliphatic carbocycles. The lowest BCUT2D eigenvalue weighted by Crippen LogP contribution is -2.53. The van der Waals surface area contributed by atoms with Crippen molar-refractivity contribution in [3.63, 3.8) is 0 Å². The second kappa shape index (κ2) is 13.1. The van der Waals surface area contributed by atoms with Crippen LogP contribution in [0, 0.1) is 6.92 Å². The Morgan fingerprint density at radius 2 is 1.54 bits per heavy atom. The minimum atomic E-state index is -0.638. The molecule has 1 atom stereocenters. The Morgan fingerprint density at radius 1 is 0.865 bits per heavy atom. The molecule has 1 saturated carbocycles. The molecule has 0 heterocycles. The largest absolute Gasteiger partial charge is 0.352 e. The Kier molecular flexibility index (Phi) is 9.65. The first kappa shape index (κ1) is 27.2. The summed E-state index contributed by atoms with van der Waals surface area (Å²) in [4.78, 5) is 29.4. The first-order valence-corrected chi connectivity index (χ1v) is 13.8. The zero-order valence-corrected chi connectivity index (χ0v) is 22.8. The van der Waals surface area contributed by atoms with Gasteiger partial charge in [0.2, 0.25) is 11.8 Å². The van der Waals surface area contributed by atoms with Crippen molar-refractivity contribution in [2.45, 2.75) is 70.5 Å². The fourth-order valence-electron chi connectivity index (χ4n) is 4.91. The molecule has 194 valence electrons. The third-order valence-corrected chi connectivity index (χ3v) is 7.77. The normalized spacial score (nSPS) is 14.7.